The van der Waals surface area contributed by atoms with Gasteiger partial charge >= 0.3 is 0 Å². The zero-order chi connectivity index (χ0) is 35.5. The monoisotopic (exact) mass is 680 g/mol. The van der Waals surface area contributed by atoms with Crippen LogP contribution >= 0.6 is 0 Å². The lowest BCUT2D eigenvalue weighted by Crippen LogP contribution is -2.11. The molecule has 7 aromatic carbocycles. The number of para-hydroxylation sites is 4. The van der Waals surface area contributed by atoms with Crippen molar-refractivity contribution in [1.29, 1.82) is 0 Å². The highest BCUT2D eigenvalue weighted by molar-refractivity contribution is 6.10. The van der Waals surface area contributed by atoms with Crippen LogP contribution in [0.3, 0.4) is 0 Å². The molecule has 0 saturated heterocycles. The standard InChI is InChI=1S/C51H40N2/c1-34-33-40(35(2)36-23-28-41(29-24-36)52-48-15-7-3-11-44(48)45-12-4-8-16-49(45)52)27-32-43(34)39-21-19-37(20-22-39)38-25-30-42(31-26-38)53-50-17-9-5-13-46(50)47-14-6-10-18-51(47)53/h3-35,43H,1-2H3. The average Bonchev–Trinajstić information content (AvgIpc) is 3.74. The molecule has 0 saturated carbocycles. The van der Waals surface area contributed by atoms with E-state index in [0.717, 1.165) is 0 Å². The number of hydrogen-bond acceptors (Lipinski definition) is 0. The van der Waals surface area contributed by atoms with Crippen molar-refractivity contribution < 1.29 is 0 Å². The van der Waals surface area contributed by atoms with E-state index >= 15 is 0 Å². The normalized spacial score (nSPS) is 16.5. The molecule has 53 heavy (non-hydrogen) atoms. The number of allylic oxidation sites excluding steroid dienone is 4. The third kappa shape index (κ3) is 5.25. The summed E-state index contributed by atoms with van der Waals surface area (Å²) in [7, 11) is 0. The predicted molar refractivity (Wildman–Crippen MR) is 225 cm³/mol. The summed E-state index contributed by atoms with van der Waals surface area (Å²) in [6.45, 7) is 4.69. The molecule has 0 aliphatic heterocycles. The lowest BCUT2D eigenvalue weighted by molar-refractivity contribution is 0.622. The van der Waals surface area contributed by atoms with Crippen LogP contribution in [0.4, 0.5) is 0 Å². The van der Waals surface area contributed by atoms with Crippen LogP contribution in [0.25, 0.3) is 66.1 Å². The van der Waals surface area contributed by atoms with Crippen molar-refractivity contribution in [3.8, 4) is 22.5 Å². The highest BCUT2D eigenvalue weighted by Crippen LogP contribution is 2.39. The zero-order valence-corrected chi connectivity index (χ0v) is 30.0. The molecule has 254 valence electrons. The summed E-state index contributed by atoms with van der Waals surface area (Å²) in [5, 5.41) is 5.16. The summed E-state index contributed by atoms with van der Waals surface area (Å²) in [4.78, 5) is 0. The molecule has 10 rings (SSSR count). The molecule has 0 amide bonds. The Morgan fingerprint density at radius 3 is 1.28 bits per heavy atom. The largest absolute Gasteiger partial charge is 0.309 e. The van der Waals surface area contributed by atoms with Crippen LogP contribution in [0.5, 0.6) is 0 Å². The molecule has 2 aromatic heterocycles. The topological polar surface area (TPSA) is 9.86 Å². The molecule has 0 N–H and O–H groups in total. The van der Waals surface area contributed by atoms with E-state index in [0.29, 0.717) is 17.8 Å². The highest BCUT2D eigenvalue weighted by Gasteiger charge is 2.22. The van der Waals surface area contributed by atoms with Crippen LogP contribution in [-0.2, 0) is 0 Å². The van der Waals surface area contributed by atoms with Gasteiger partial charge in [0.25, 0.3) is 0 Å². The molecule has 2 heterocycles. The first kappa shape index (κ1) is 31.4. The quantitative estimate of drug-likeness (QED) is 0.165. The number of rotatable bonds is 6. The Morgan fingerprint density at radius 2 is 0.849 bits per heavy atom. The van der Waals surface area contributed by atoms with Crippen LogP contribution < -0.4 is 0 Å². The van der Waals surface area contributed by atoms with Crippen LogP contribution in [0.15, 0.2) is 194 Å². The van der Waals surface area contributed by atoms with Gasteiger partial charge in [-0.2, -0.15) is 0 Å². The van der Waals surface area contributed by atoms with Gasteiger partial charge in [-0.25, -0.2) is 0 Å². The highest BCUT2D eigenvalue weighted by atomic mass is 15.0. The Bertz CT molecular complexity index is 2740. The summed E-state index contributed by atoms with van der Waals surface area (Å²) in [6, 6.07) is 62.2. The van der Waals surface area contributed by atoms with Gasteiger partial charge in [-0.3, -0.25) is 0 Å². The van der Waals surface area contributed by atoms with Gasteiger partial charge in [0, 0.05) is 44.8 Å². The smallest absolute Gasteiger partial charge is 0.0541 e. The van der Waals surface area contributed by atoms with Crippen LogP contribution in [0.2, 0.25) is 0 Å². The predicted octanol–water partition coefficient (Wildman–Crippen LogP) is 13.6. The third-order valence-electron chi connectivity index (χ3n) is 11.6. The van der Waals surface area contributed by atoms with Crippen molar-refractivity contribution in [2.24, 2.45) is 5.92 Å². The van der Waals surface area contributed by atoms with E-state index in [2.05, 4.69) is 211 Å². The fraction of sp³-hybridized carbons (Fsp3) is 0.0980. The molecule has 1 aliphatic carbocycles. The minimum Gasteiger partial charge on any atom is -0.309 e. The summed E-state index contributed by atoms with van der Waals surface area (Å²) in [6.07, 6.45) is 7.26. The number of benzene rings is 7. The number of aromatic nitrogens is 2. The van der Waals surface area contributed by atoms with E-state index in [9.17, 15) is 0 Å². The molecule has 9 aromatic rings. The first-order valence-electron chi connectivity index (χ1n) is 18.8. The SMILES string of the molecule is CC(C1=CC(C)C(c2ccc(-c3ccc(-n4c5ccccc5c5ccccc54)cc3)cc2)C=C1)c1ccc(-n2c3ccccc3c3ccccc32)cc1. The molecule has 2 heteroatoms. The minimum absolute atomic E-state index is 0.315. The molecule has 0 spiro atoms. The van der Waals surface area contributed by atoms with Crippen molar-refractivity contribution in [2.45, 2.75) is 25.7 Å². The maximum Gasteiger partial charge on any atom is 0.0541 e. The molecule has 3 unspecified atom stereocenters. The second kappa shape index (κ2) is 12.7. The summed E-state index contributed by atoms with van der Waals surface area (Å²) < 4.78 is 4.76. The van der Waals surface area contributed by atoms with Crippen LogP contribution in [-0.4, -0.2) is 9.13 Å². The molecule has 0 radical (unpaired) electrons. The Kier molecular flexibility index (Phi) is 7.51. The molecule has 3 atom stereocenters. The first-order valence-corrected chi connectivity index (χ1v) is 18.8. The summed E-state index contributed by atoms with van der Waals surface area (Å²) >= 11 is 0. The number of fused-ring (bicyclic) bond motifs is 6. The van der Waals surface area contributed by atoms with E-state index in [1.54, 1.807) is 0 Å². The van der Waals surface area contributed by atoms with Gasteiger partial charge in [0.1, 0.15) is 0 Å². The van der Waals surface area contributed by atoms with Gasteiger partial charge in [-0.1, -0.05) is 153 Å². The Labute approximate surface area is 310 Å². The van der Waals surface area contributed by atoms with Crippen molar-refractivity contribution >= 4 is 43.6 Å². The lowest BCUT2D eigenvalue weighted by atomic mass is 9.78. The van der Waals surface area contributed by atoms with Gasteiger partial charge in [0.15, 0.2) is 0 Å². The van der Waals surface area contributed by atoms with Crippen molar-refractivity contribution in [3.05, 3.63) is 205 Å². The van der Waals surface area contributed by atoms with Crippen LogP contribution in [0, 0.1) is 5.92 Å². The lowest BCUT2D eigenvalue weighted by Gasteiger charge is -2.26. The van der Waals surface area contributed by atoms with E-state index in [-0.39, 0.29) is 0 Å². The van der Waals surface area contributed by atoms with Crippen LogP contribution in [0.1, 0.15) is 36.8 Å². The summed E-state index contributed by atoms with van der Waals surface area (Å²) in [5.41, 5.74) is 13.9. The van der Waals surface area contributed by atoms with Gasteiger partial charge < -0.3 is 9.13 Å². The van der Waals surface area contributed by atoms with Crippen molar-refractivity contribution in [3.63, 3.8) is 0 Å². The van der Waals surface area contributed by atoms with E-state index in [1.165, 1.54) is 82.8 Å². The maximum absolute atomic E-state index is 2.48. The van der Waals surface area contributed by atoms with E-state index in [4.69, 9.17) is 0 Å². The van der Waals surface area contributed by atoms with Gasteiger partial charge in [-0.05, 0) is 82.3 Å². The molecular weight excluding hydrogens is 641 g/mol. The maximum atomic E-state index is 2.48. The van der Waals surface area contributed by atoms with Gasteiger partial charge in [-0.15, -0.1) is 0 Å². The number of hydrogen-bond donors (Lipinski definition) is 0. The molecule has 2 nitrogen and oxygen atoms in total. The molecule has 0 bridgehead atoms. The van der Waals surface area contributed by atoms with E-state index < -0.39 is 0 Å². The fourth-order valence-electron chi connectivity index (χ4n) is 8.76. The minimum atomic E-state index is 0.315. The van der Waals surface area contributed by atoms with Crippen molar-refractivity contribution in [1.82, 2.24) is 9.13 Å². The Morgan fingerprint density at radius 1 is 0.453 bits per heavy atom. The first-order chi connectivity index (χ1) is 26.1. The molecular formula is C51H40N2. The van der Waals surface area contributed by atoms with Crippen molar-refractivity contribution in [2.75, 3.05) is 0 Å². The Balaban J connectivity index is 0.858. The Hall–Kier alpha value is -6.38. The second-order valence-electron chi connectivity index (χ2n) is 14.6. The second-order valence-corrected chi connectivity index (χ2v) is 14.6. The summed E-state index contributed by atoms with van der Waals surface area (Å²) in [5.74, 6) is 1.08. The number of nitrogens with zero attached hydrogens (tertiary/aromatic N) is 2. The molecule has 1 aliphatic rings. The van der Waals surface area contributed by atoms with Gasteiger partial charge in [0.05, 0.1) is 22.1 Å². The van der Waals surface area contributed by atoms with Gasteiger partial charge in [0.2, 0.25) is 0 Å². The third-order valence-corrected chi connectivity index (χ3v) is 11.6. The fourth-order valence-corrected chi connectivity index (χ4v) is 8.76. The van der Waals surface area contributed by atoms with E-state index in [1.807, 2.05) is 0 Å². The zero-order valence-electron chi connectivity index (χ0n) is 30.0. The molecule has 0 fully saturated rings. The average molecular weight is 681 g/mol.